The summed E-state index contributed by atoms with van der Waals surface area (Å²) in [6.07, 6.45) is -0.363. The van der Waals surface area contributed by atoms with Gasteiger partial charge in [-0.3, -0.25) is 14.9 Å². The van der Waals surface area contributed by atoms with Gasteiger partial charge in [0, 0.05) is 0 Å². The molecule has 0 spiro atoms. The third-order valence-corrected chi connectivity index (χ3v) is 2.50. The minimum atomic E-state index is -3.92. The van der Waals surface area contributed by atoms with Crippen LogP contribution in [0.3, 0.4) is 0 Å². The molecule has 1 heterocycles. The highest BCUT2D eigenvalue weighted by Gasteiger charge is 2.38. The summed E-state index contributed by atoms with van der Waals surface area (Å²) in [4.78, 5) is 21.1. The maximum atomic E-state index is 10.6. The van der Waals surface area contributed by atoms with E-state index < -0.39 is 27.1 Å². The molecule has 3 N–H and O–H groups in total. The molecule has 0 aliphatic carbocycles. The zero-order valence-electron chi connectivity index (χ0n) is 5.40. The fraction of sp³-hybridized carbons (Fsp3) is 0.500. The first-order chi connectivity index (χ1) is 4.91. The summed E-state index contributed by atoms with van der Waals surface area (Å²) in [5, 5.41) is 5.10. The molecule has 1 fully saturated rings. The van der Waals surface area contributed by atoms with Crippen molar-refractivity contribution in [2.24, 2.45) is 5.14 Å². The summed E-state index contributed by atoms with van der Waals surface area (Å²) in [5.74, 6) is -1.44. The van der Waals surface area contributed by atoms with Crippen LogP contribution in [0.15, 0.2) is 0 Å². The molecule has 6 nitrogen and oxygen atoms in total. The summed E-state index contributed by atoms with van der Waals surface area (Å²) in [6, 6.07) is 0. The fourth-order valence-corrected chi connectivity index (χ4v) is 1.54. The predicted octanol–water partition coefficient (Wildman–Crippen LogP) is -2.31. The Balaban J connectivity index is 2.94. The topological polar surface area (TPSA) is 106 Å². The minimum absolute atomic E-state index is 0.363. The summed E-state index contributed by atoms with van der Waals surface area (Å²) < 4.78 is 21.1. The number of sulfonamides is 1. The Hall–Kier alpha value is -0.950. The van der Waals surface area contributed by atoms with Gasteiger partial charge in [-0.2, -0.15) is 0 Å². The van der Waals surface area contributed by atoms with Crippen molar-refractivity contribution in [3.63, 3.8) is 0 Å². The molecule has 0 aromatic rings. The van der Waals surface area contributed by atoms with Gasteiger partial charge in [-0.15, -0.1) is 0 Å². The third-order valence-electron chi connectivity index (χ3n) is 1.32. The summed E-state index contributed by atoms with van der Waals surface area (Å²) >= 11 is 0. The molecule has 1 aliphatic heterocycles. The van der Waals surface area contributed by atoms with E-state index in [-0.39, 0.29) is 6.42 Å². The molecule has 0 saturated carbocycles. The van der Waals surface area contributed by atoms with Crippen molar-refractivity contribution in [1.82, 2.24) is 5.32 Å². The van der Waals surface area contributed by atoms with Crippen LogP contribution in [0.25, 0.3) is 0 Å². The summed E-state index contributed by atoms with van der Waals surface area (Å²) in [5.41, 5.74) is 0. The van der Waals surface area contributed by atoms with Gasteiger partial charge in [0.15, 0.2) is 5.25 Å². The summed E-state index contributed by atoms with van der Waals surface area (Å²) in [7, 11) is -3.92. The number of primary sulfonamides is 1. The minimum Gasteiger partial charge on any atom is -0.295 e. The van der Waals surface area contributed by atoms with Crippen LogP contribution in [0.4, 0.5) is 0 Å². The smallest absolute Gasteiger partial charge is 0.246 e. The van der Waals surface area contributed by atoms with E-state index in [4.69, 9.17) is 0 Å². The van der Waals surface area contributed by atoms with Crippen molar-refractivity contribution in [2.45, 2.75) is 11.7 Å². The molecule has 1 unspecified atom stereocenters. The molecular weight excluding hydrogens is 172 g/mol. The maximum Gasteiger partial charge on any atom is 0.246 e. The fourth-order valence-electron chi connectivity index (χ4n) is 0.795. The van der Waals surface area contributed by atoms with Gasteiger partial charge in [-0.25, -0.2) is 13.6 Å². The lowest BCUT2D eigenvalue weighted by Gasteiger charge is -1.99. The van der Waals surface area contributed by atoms with Crippen molar-refractivity contribution in [1.29, 1.82) is 0 Å². The molecule has 2 amide bonds. The van der Waals surface area contributed by atoms with E-state index in [1.807, 2.05) is 5.32 Å². The second-order valence-electron chi connectivity index (χ2n) is 2.19. The standard InChI is InChI=1S/C4H6N2O4S/c5-11(9,10)2-1-3(7)6-4(2)8/h2H,1H2,(H2,5,9,10)(H,6,7,8). The highest BCUT2D eigenvalue weighted by atomic mass is 32.2. The number of imide groups is 1. The van der Waals surface area contributed by atoms with E-state index in [2.05, 4.69) is 5.14 Å². The average molecular weight is 178 g/mol. The van der Waals surface area contributed by atoms with E-state index in [1.165, 1.54) is 0 Å². The van der Waals surface area contributed by atoms with E-state index in [9.17, 15) is 18.0 Å². The van der Waals surface area contributed by atoms with E-state index in [0.717, 1.165) is 0 Å². The molecule has 1 aliphatic rings. The van der Waals surface area contributed by atoms with Gasteiger partial charge in [0.2, 0.25) is 21.8 Å². The Labute approximate surface area is 62.8 Å². The number of nitrogens with two attached hydrogens (primary N) is 1. The van der Waals surface area contributed by atoms with Crippen molar-refractivity contribution in [3.05, 3.63) is 0 Å². The molecule has 0 radical (unpaired) electrons. The van der Waals surface area contributed by atoms with Crippen LogP contribution in [0.5, 0.6) is 0 Å². The zero-order valence-corrected chi connectivity index (χ0v) is 6.22. The Kier molecular flexibility index (Phi) is 1.69. The lowest BCUT2D eigenvalue weighted by atomic mass is 10.4. The predicted molar refractivity (Wildman–Crippen MR) is 34.7 cm³/mol. The SMILES string of the molecule is NS(=O)(=O)C1CC(=O)NC1=O. The number of amides is 2. The van der Waals surface area contributed by atoms with Crippen LogP contribution < -0.4 is 10.5 Å². The molecule has 0 aromatic heterocycles. The van der Waals surface area contributed by atoms with Gasteiger partial charge in [0.05, 0.1) is 6.42 Å². The van der Waals surface area contributed by atoms with E-state index in [0.29, 0.717) is 0 Å². The zero-order chi connectivity index (χ0) is 8.65. The Bertz CT molecular complexity index is 306. The number of hydrogen-bond acceptors (Lipinski definition) is 4. The number of carbonyl (C=O) groups is 2. The van der Waals surface area contributed by atoms with Crippen molar-refractivity contribution in [2.75, 3.05) is 0 Å². The monoisotopic (exact) mass is 178 g/mol. The second kappa shape index (κ2) is 2.28. The first-order valence-electron chi connectivity index (χ1n) is 2.76. The van der Waals surface area contributed by atoms with Crippen LogP contribution in [0.2, 0.25) is 0 Å². The number of carbonyl (C=O) groups excluding carboxylic acids is 2. The molecule has 0 aromatic carbocycles. The van der Waals surface area contributed by atoms with E-state index >= 15 is 0 Å². The van der Waals surface area contributed by atoms with Crippen LogP contribution in [-0.2, 0) is 19.6 Å². The second-order valence-corrected chi connectivity index (χ2v) is 3.94. The van der Waals surface area contributed by atoms with Gasteiger partial charge in [0.1, 0.15) is 0 Å². The average Bonchev–Trinajstić information content (AvgIpc) is 2.08. The lowest BCUT2D eigenvalue weighted by molar-refractivity contribution is -0.124. The van der Waals surface area contributed by atoms with Crippen LogP contribution in [0, 0.1) is 0 Å². The molecule has 62 valence electrons. The van der Waals surface area contributed by atoms with Crippen LogP contribution in [-0.4, -0.2) is 25.5 Å². The Morgan fingerprint density at radius 2 is 2.00 bits per heavy atom. The largest absolute Gasteiger partial charge is 0.295 e. The van der Waals surface area contributed by atoms with Crippen molar-refractivity contribution >= 4 is 21.8 Å². The molecule has 11 heavy (non-hydrogen) atoms. The van der Waals surface area contributed by atoms with E-state index in [1.54, 1.807) is 0 Å². The molecule has 1 saturated heterocycles. The highest BCUT2D eigenvalue weighted by Crippen LogP contribution is 2.08. The molecule has 1 atom stereocenters. The molecular formula is C4H6N2O4S. The third kappa shape index (κ3) is 1.55. The highest BCUT2D eigenvalue weighted by molar-refractivity contribution is 7.90. The van der Waals surface area contributed by atoms with Crippen LogP contribution in [0.1, 0.15) is 6.42 Å². The van der Waals surface area contributed by atoms with Gasteiger partial charge >= 0.3 is 0 Å². The normalized spacial score (nSPS) is 25.4. The molecule has 7 heteroatoms. The quantitative estimate of drug-likeness (QED) is 0.440. The number of rotatable bonds is 1. The van der Waals surface area contributed by atoms with Crippen molar-refractivity contribution < 1.29 is 18.0 Å². The van der Waals surface area contributed by atoms with Gasteiger partial charge in [-0.05, 0) is 0 Å². The molecule has 1 rings (SSSR count). The molecule has 0 bridgehead atoms. The number of hydrogen-bond donors (Lipinski definition) is 2. The summed E-state index contributed by atoms with van der Waals surface area (Å²) in [6.45, 7) is 0. The van der Waals surface area contributed by atoms with Gasteiger partial charge < -0.3 is 0 Å². The Morgan fingerprint density at radius 3 is 2.18 bits per heavy atom. The van der Waals surface area contributed by atoms with Crippen molar-refractivity contribution in [3.8, 4) is 0 Å². The van der Waals surface area contributed by atoms with Gasteiger partial charge in [0.25, 0.3) is 0 Å². The first-order valence-corrected chi connectivity index (χ1v) is 4.37. The number of nitrogens with one attached hydrogen (secondary N) is 1. The van der Waals surface area contributed by atoms with Crippen LogP contribution >= 0.6 is 0 Å². The first kappa shape index (κ1) is 8.15. The Morgan fingerprint density at radius 1 is 1.45 bits per heavy atom. The lowest BCUT2D eigenvalue weighted by Crippen LogP contribution is -2.35. The maximum absolute atomic E-state index is 10.6. The van der Waals surface area contributed by atoms with Gasteiger partial charge in [-0.1, -0.05) is 0 Å².